The van der Waals surface area contributed by atoms with Crippen LogP contribution < -0.4 is 15.4 Å². The van der Waals surface area contributed by atoms with Gasteiger partial charge in [0.05, 0.1) is 12.8 Å². The summed E-state index contributed by atoms with van der Waals surface area (Å²) in [5.74, 6) is 0.652. The lowest BCUT2D eigenvalue weighted by molar-refractivity contribution is 0.417. The monoisotopic (exact) mass is 320 g/mol. The van der Waals surface area contributed by atoms with Crippen molar-refractivity contribution in [3.05, 3.63) is 52.5 Å². The smallest absolute Gasteiger partial charge is 0.175 e. The summed E-state index contributed by atoms with van der Waals surface area (Å²) in [5.41, 5.74) is 3.85. The molecule has 0 bridgehead atoms. The lowest BCUT2D eigenvalue weighted by Gasteiger charge is -2.15. The molecular weight excluding hydrogens is 304 g/mol. The van der Waals surface area contributed by atoms with Crippen LogP contribution in [0.1, 0.15) is 11.1 Å². The minimum Gasteiger partial charge on any atom is -0.495 e. The van der Waals surface area contributed by atoms with Crippen LogP contribution in [0.2, 0.25) is 5.02 Å². The first kappa shape index (κ1) is 15.6. The molecule has 0 heterocycles. The Balaban J connectivity index is 2.14. The molecule has 0 amide bonds. The number of nitrogens with one attached hydrogen (secondary N) is 2. The number of hydrogen-bond donors (Lipinski definition) is 2. The summed E-state index contributed by atoms with van der Waals surface area (Å²) in [4.78, 5) is 0. The van der Waals surface area contributed by atoms with Gasteiger partial charge in [0.25, 0.3) is 0 Å². The fourth-order valence-corrected chi connectivity index (χ4v) is 2.32. The lowest BCUT2D eigenvalue weighted by Crippen LogP contribution is -2.19. The number of benzene rings is 2. The molecule has 0 saturated heterocycles. The van der Waals surface area contributed by atoms with Crippen LogP contribution in [0.4, 0.5) is 11.4 Å². The predicted molar refractivity (Wildman–Crippen MR) is 93.8 cm³/mol. The van der Waals surface area contributed by atoms with Crippen molar-refractivity contribution in [3.63, 3.8) is 0 Å². The molecule has 0 aliphatic carbocycles. The molecule has 2 N–H and O–H groups in total. The first-order chi connectivity index (χ1) is 9.99. The zero-order valence-corrected chi connectivity index (χ0v) is 13.7. The molecule has 0 fully saturated rings. The van der Waals surface area contributed by atoms with Crippen LogP contribution >= 0.6 is 23.8 Å². The highest BCUT2D eigenvalue weighted by Crippen LogP contribution is 2.31. The van der Waals surface area contributed by atoms with Gasteiger partial charge in [0, 0.05) is 16.8 Å². The second kappa shape index (κ2) is 6.78. The molecule has 0 aliphatic heterocycles. The lowest BCUT2D eigenvalue weighted by atomic mass is 10.2. The summed E-state index contributed by atoms with van der Waals surface area (Å²) in [5, 5.41) is 7.45. The number of anilines is 2. The number of ether oxygens (including phenoxy) is 1. The highest BCUT2D eigenvalue weighted by molar-refractivity contribution is 7.80. The highest BCUT2D eigenvalue weighted by atomic mass is 35.5. The van der Waals surface area contributed by atoms with E-state index in [0.717, 1.165) is 16.9 Å². The predicted octanol–water partition coefficient (Wildman–Crippen LogP) is 4.77. The number of halogens is 1. The van der Waals surface area contributed by atoms with E-state index in [1.54, 1.807) is 13.2 Å². The van der Waals surface area contributed by atoms with Crippen molar-refractivity contribution >= 4 is 40.3 Å². The van der Waals surface area contributed by atoms with Crippen molar-refractivity contribution in [3.8, 4) is 5.75 Å². The summed E-state index contributed by atoms with van der Waals surface area (Å²) in [6.07, 6.45) is 0. The van der Waals surface area contributed by atoms with Crippen molar-refractivity contribution in [2.24, 2.45) is 0 Å². The summed E-state index contributed by atoms with van der Waals surface area (Å²) >= 11 is 11.4. The fraction of sp³-hybridized carbons (Fsp3) is 0.188. The van der Waals surface area contributed by atoms with Crippen LogP contribution in [0.5, 0.6) is 5.75 Å². The van der Waals surface area contributed by atoms with Crippen molar-refractivity contribution < 1.29 is 4.74 Å². The van der Waals surface area contributed by atoms with E-state index in [2.05, 4.69) is 10.6 Å². The molecule has 0 aromatic heterocycles. The van der Waals surface area contributed by atoms with Gasteiger partial charge in [-0.3, -0.25) is 0 Å². The Bertz CT molecular complexity index is 673. The van der Waals surface area contributed by atoms with E-state index < -0.39 is 0 Å². The molecule has 0 spiro atoms. The van der Waals surface area contributed by atoms with E-state index in [4.69, 9.17) is 28.6 Å². The van der Waals surface area contributed by atoms with E-state index >= 15 is 0 Å². The molecule has 5 heteroatoms. The maximum absolute atomic E-state index is 6.09. The average molecular weight is 321 g/mol. The molecule has 0 radical (unpaired) electrons. The zero-order chi connectivity index (χ0) is 15.4. The van der Waals surface area contributed by atoms with Gasteiger partial charge in [0.1, 0.15) is 5.75 Å². The third-order valence-electron chi connectivity index (χ3n) is 3.00. The van der Waals surface area contributed by atoms with Crippen molar-refractivity contribution in [2.75, 3.05) is 17.7 Å². The molecule has 0 saturated carbocycles. The second-order valence-corrected chi connectivity index (χ2v) is 5.57. The van der Waals surface area contributed by atoms with Gasteiger partial charge in [-0.2, -0.15) is 0 Å². The maximum atomic E-state index is 6.09. The minimum absolute atomic E-state index is 0.501. The Morgan fingerprint density at radius 2 is 1.90 bits per heavy atom. The first-order valence-corrected chi connectivity index (χ1v) is 7.27. The van der Waals surface area contributed by atoms with Gasteiger partial charge < -0.3 is 15.4 Å². The number of aryl methyl sites for hydroxylation is 2. The van der Waals surface area contributed by atoms with Gasteiger partial charge in [0.15, 0.2) is 5.11 Å². The maximum Gasteiger partial charge on any atom is 0.175 e. The summed E-state index contributed by atoms with van der Waals surface area (Å²) in [6.45, 7) is 3.97. The van der Waals surface area contributed by atoms with Gasteiger partial charge in [-0.1, -0.05) is 23.7 Å². The van der Waals surface area contributed by atoms with E-state index in [1.807, 2.05) is 44.2 Å². The molecule has 0 unspecified atom stereocenters. The third kappa shape index (κ3) is 4.09. The highest BCUT2D eigenvalue weighted by Gasteiger charge is 2.08. The summed E-state index contributed by atoms with van der Waals surface area (Å²) in [6, 6.07) is 11.7. The van der Waals surface area contributed by atoms with Gasteiger partial charge in [-0.15, -0.1) is 0 Å². The van der Waals surface area contributed by atoms with E-state index in [0.29, 0.717) is 15.9 Å². The fourth-order valence-electron chi connectivity index (χ4n) is 1.94. The van der Waals surface area contributed by atoms with Gasteiger partial charge >= 0.3 is 0 Å². The average Bonchev–Trinajstić information content (AvgIpc) is 2.42. The molecule has 2 aromatic rings. The Labute approximate surface area is 135 Å². The molecule has 110 valence electrons. The molecule has 21 heavy (non-hydrogen) atoms. The third-order valence-corrected chi connectivity index (χ3v) is 3.62. The largest absolute Gasteiger partial charge is 0.495 e. The van der Waals surface area contributed by atoms with Crippen LogP contribution in [-0.4, -0.2) is 12.2 Å². The van der Waals surface area contributed by atoms with Gasteiger partial charge in [0.2, 0.25) is 0 Å². The molecule has 0 atom stereocenters. The molecule has 2 aromatic carbocycles. The Morgan fingerprint density at radius 3 is 2.57 bits per heavy atom. The second-order valence-electron chi connectivity index (χ2n) is 4.75. The Morgan fingerprint density at radius 1 is 1.14 bits per heavy atom. The van der Waals surface area contributed by atoms with Crippen LogP contribution in [0.3, 0.4) is 0 Å². The number of thiocarbonyl (C=S) groups is 1. The molecule has 0 aliphatic rings. The van der Waals surface area contributed by atoms with E-state index in [1.165, 1.54) is 5.56 Å². The number of rotatable bonds is 3. The van der Waals surface area contributed by atoms with Crippen molar-refractivity contribution in [1.29, 1.82) is 0 Å². The van der Waals surface area contributed by atoms with E-state index in [-0.39, 0.29) is 0 Å². The quantitative estimate of drug-likeness (QED) is 0.798. The normalized spacial score (nSPS) is 10.1. The molecule has 2 rings (SSSR count). The molecule has 3 nitrogen and oxygen atoms in total. The zero-order valence-electron chi connectivity index (χ0n) is 12.2. The summed E-state index contributed by atoms with van der Waals surface area (Å²) < 4.78 is 5.32. The topological polar surface area (TPSA) is 33.3 Å². The molecular formula is C16H17ClN2OS. The standard InChI is InChI=1S/C16H17ClN2OS/c1-10-5-4-6-12(7-10)18-16(21)19-14-8-11(2)13(17)9-15(14)20-3/h4-9H,1-3H3,(H2,18,19,21). The van der Waals surface area contributed by atoms with Crippen LogP contribution in [-0.2, 0) is 0 Å². The Hall–Kier alpha value is -1.78. The Kier molecular flexibility index (Phi) is 5.04. The van der Waals surface area contributed by atoms with Crippen LogP contribution in [0, 0.1) is 13.8 Å². The van der Waals surface area contributed by atoms with Crippen LogP contribution in [0.25, 0.3) is 0 Å². The van der Waals surface area contributed by atoms with Crippen molar-refractivity contribution in [2.45, 2.75) is 13.8 Å². The number of hydrogen-bond acceptors (Lipinski definition) is 2. The van der Waals surface area contributed by atoms with Crippen LogP contribution in [0.15, 0.2) is 36.4 Å². The number of methoxy groups -OCH3 is 1. The summed E-state index contributed by atoms with van der Waals surface area (Å²) in [7, 11) is 1.60. The minimum atomic E-state index is 0.501. The SMILES string of the molecule is COc1cc(Cl)c(C)cc1NC(=S)Nc1cccc(C)c1. The first-order valence-electron chi connectivity index (χ1n) is 6.48. The van der Waals surface area contributed by atoms with E-state index in [9.17, 15) is 0 Å². The van der Waals surface area contributed by atoms with Crippen molar-refractivity contribution in [1.82, 2.24) is 0 Å². The van der Waals surface area contributed by atoms with Gasteiger partial charge in [-0.25, -0.2) is 0 Å². The van der Waals surface area contributed by atoms with Gasteiger partial charge in [-0.05, 0) is 55.4 Å².